The maximum absolute atomic E-state index is 12.8. The van der Waals surface area contributed by atoms with Gasteiger partial charge in [0.2, 0.25) is 0 Å². The summed E-state index contributed by atoms with van der Waals surface area (Å²) in [7, 11) is 0. The van der Waals surface area contributed by atoms with Gasteiger partial charge in [0.05, 0.1) is 0 Å². The summed E-state index contributed by atoms with van der Waals surface area (Å²) in [5.41, 5.74) is 8.99. The summed E-state index contributed by atoms with van der Waals surface area (Å²) in [6, 6.07) is 15.9. The molecule has 1 amide bonds. The Labute approximate surface area is 173 Å². The van der Waals surface area contributed by atoms with E-state index in [1.807, 2.05) is 54.3 Å². The molecule has 0 aliphatic carbocycles. The highest BCUT2D eigenvalue weighted by Gasteiger charge is 2.26. The van der Waals surface area contributed by atoms with Crippen LogP contribution in [0.15, 0.2) is 48.5 Å². The molecule has 6 heteroatoms. The van der Waals surface area contributed by atoms with E-state index in [1.165, 1.54) is 5.56 Å². The number of anilines is 1. The standard InChI is InChI=1S/C22H29N3O2.ClH/c1-3-19-8-4-5-10-21(19)27-17(2)22(26)25-13-11-24(12-14-25)16-18-7-6-9-20(23)15-18;/h4-10,15,17H,3,11-14,16,23H2,1-2H3;1H. The molecule has 0 radical (unpaired) electrons. The Morgan fingerprint density at radius 3 is 2.50 bits per heavy atom. The van der Waals surface area contributed by atoms with E-state index >= 15 is 0 Å². The molecule has 0 spiro atoms. The van der Waals surface area contributed by atoms with Crippen molar-refractivity contribution in [3.05, 3.63) is 59.7 Å². The average molecular weight is 404 g/mol. The van der Waals surface area contributed by atoms with Gasteiger partial charge in [-0.2, -0.15) is 0 Å². The Hall–Kier alpha value is -2.24. The number of carbonyl (C=O) groups is 1. The zero-order valence-electron chi connectivity index (χ0n) is 16.6. The van der Waals surface area contributed by atoms with Crippen LogP contribution in [0.4, 0.5) is 5.69 Å². The molecule has 1 fully saturated rings. The topological polar surface area (TPSA) is 58.8 Å². The van der Waals surface area contributed by atoms with E-state index in [1.54, 1.807) is 0 Å². The van der Waals surface area contributed by atoms with Gasteiger partial charge in [-0.15, -0.1) is 12.4 Å². The van der Waals surface area contributed by atoms with Crippen molar-refractivity contribution >= 4 is 24.0 Å². The van der Waals surface area contributed by atoms with Gasteiger partial charge in [0.1, 0.15) is 5.75 Å². The number of nitrogen functional groups attached to an aromatic ring is 1. The monoisotopic (exact) mass is 403 g/mol. The molecule has 28 heavy (non-hydrogen) atoms. The number of aryl methyl sites for hydroxylation is 1. The first kappa shape index (κ1) is 22.1. The van der Waals surface area contributed by atoms with Crippen LogP contribution in [-0.2, 0) is 17.8 Å². The lowest BCUT2D eigenvalue weighted by Gasteiger charge is -2.36. The first-order chi connectivity index (χ1) is 13.1. The number of hydrogen-bond acceptors (Lipinski definition) is 4. The number of ether oxygens (including phenoxy) is 1. The predicted octanol–water partition coefficient (Wildman–Crippen LogP) is 3.36. The molecule has 1 atom stereocenters. The highest BCUT2D eigenvalue weighted by molar-refractivity contribution is 5.85. The SMILES string of the molecule is CCc1ccccc1OC(C)C(=O)N1CCN(Cc2cccc(N)c2)CC1.Cl. The smallest absolute Gasteiger partial charge is 0.263 e. The van der Waals surface area contributed by atoms with Crippen molar-refractivity contribution in [3.63, 3.8) is 0 Å². The van der Waals surface area contributed by atoms with Gasteiger partial charge in [0.25, 0.3) is 5.91 Å². The van der Waals surface area contributed by atoms with Crippen molar-refractivity contribution in [1.82, 2.24) is 9.80 Å². The lowest BCUT2D eigenvalue weighted by molar-refractivity contribution is -0.139. The fourth-order valence-corrected chi connectivity index (χ4v) is 3.48. The number of nitrogens with two attached hydrogens (primary N) is 1. The number of carbonyl (C=O) groups excluding carboxylic acids is 1. The number of benzene rings is 2. The number of halogens is 1. The second-order valence-corrected chi connectivity index (χ2v) is 7.07. The Morgan fingerprint density at radius 2 is 1.82 bits per heavy atom. The molecule has 2 aromatic rings. The van der Waals surface area contributed by atoms with Gasteiger partial charge in [-0.25, -0.2) is 0 Å². The first-order valence-corrected chi connectivity index (χ1v) is 9.67. The van der Waals surface area contributed by atoms with Crippen molar-refractivity contribution in [1.29, 1.82) is 0 Å². The zero-order valence-corrected chi connectivity index (χ0v) is 17.5. The first-order valence-electron chi connectivity index (χ1n) is 9.67. The lowest BCUT2D eigenvalue weighted by Crippen LogP contribution is -2.51. The van der Waals surface area contributed by atoms with Crippen molar-refractivity contribution in [3.8, 4) is 5.75 Å². The molecule has 3 rings (SSSR count). The minimum atomic E-state index is -0.474. The molecule has 1 aliphatic heterocycles. The number of hydrogen-bond donors (Lipinski definition) is 1. The molecule has 2 N–H and O–H groups in total. The molecule has 0 bridgehead atoms. The lowest BCUT2D eigenvalue weighted by atomic mass is 10.1. The zero-order chi connectivity index (χ0) is 19.2. The van der Waals surface area contributed by atoms with E-state index in [-0.39, 0.29) is 18.3 Å². The highest BCUT2D eigenvalue weighted by atomic mass is 35.5. The van der Waals surface area contributed by atoms with Crippen LogP contribution in [0.5, 0.6) is 5.75 Å². The summed E-state index contributed by atoms with van der Waals surface area (Å²) in [4.78, 5) is 17.0. The van der Waals surface area contributed by atoms with Crippen LogP contribution in [0, 0.1) is 0 Å². The molecule has 1 aliphatic rings. The van der Waals surface area contributed by atoms with Crippen LogP contribution < -0.4 is 10.5 Å². The van der Waals surface area contributed by atoms with Gasteiger partial charge in [-0.05, 0) is 42.7 Å². The normalized spacial score (nSPS) is 15.6. The molecule has 1 unspecified atom stereocenters. The number of piperazine rings is 1. The predicted molar refractivity (Wildman–Crippen MR) is 116 cm³/mol. The summed E-state index contributed by atoms with van der Waals surface area (Å²) < 4.78 is 5.97. The minimum Gasteiger partial charge on any atom is -0.481 e. The molecular formula is C22H30ClN3O2. The summed E-state index contributed by atoms with van der Waals surface area (Å²) in [5.74, 6) is 0.866. The Kier molecular flexibility index (Phi) is 8.15. The Balaban J connectivity index is 0.00000280. The molecule has 1 saturated heterocycles. The molecular weight excluding hydrogens is 374 g/mol. The summed E-state index contributed by atoms with van der Waals surface area (Å²) in [6.07, 6.45) is 0.415. The number of rotatable bonds is 6. The largest absolute Gasteiger partial charge is 0.481 e. The van der Waals surface area contributed by atoms with Gasteiger partial charge in [0.15, 0.2) is 6.10 Å². The van der Waals surface area contributed by atoms with E-state index in [2.05, 4.69) is 17.9 Å². The maximum atomic E-state index is 12.8. The Bertz CT molecular complexity index is 776. The van der Waals surface area contributed by atoms with Crippen LogP contribution in [0.1, 0.15) is 25.0 Å². The molecule has 5 nitrogen and oxygen atoms in total. The second-order valence-electron chi connectivity index (χ2n) is 7.07. The summed E-state index contributed by atoms with van der Waals surface area (Å²) >= 11 is 0. The second kappa shape index (κ2) is 10.3. The number of para-hydroxylation sites is 1. The van der Waals surface area contributed by atoms with E-state index in [9.17, 15) is 4.79 Å². The fourth-order valence-electron chi connectivity index (χ4n) is 3.48. The third-order valence-corrected chi connectivity index (χ3v) is 5.05. The maximum Gasteiger partial charge on any atom is 0.263 e. The number of amides is 1. The molecule has 0 aromatic heterocycles. The fraction of sp³-hybridized carbons (Fsp3) is 0.409. The summed E-state index contributed by atoms with van der Waals surface area (Å²) in [6.45, 7) is 7.97. The van der Waals surface area contributed by atoms with Gasteiger partial charge >= 0.3 is 0 Å². The van der Waals surface area contributed by atoms with Gasteiger partial charge in [0, 0.05) is 38.4 Å². The third kappa shape index (κ3) is 5.63. The quantitative estimate of drug-likeness (QED) is 0.751. The van der Waals surface area contributed by atoms with Crippen molar-refractivity contribution in [2.24, 2.45) is 0 Å². The van der Waals surface area contributed by atoms with Crippen LogP contribution >= 0.6 is 12.4 Å². The average Bonchev–Trinajstić information content (AvgIpc) is 2.68. The molecule has 2 aromatic carbocycles. The van der Waals surface area contributed by atoms with E-state index in [4.69, 9.17) is 10.5 Å². The third-order valence-electron chi connectivity index (χ3n) is 5.05. The van der Waals surface area contributed by atoms with Crippen molar-refractivity contribution < 1.29 is 9.53 Å². The molecule has 0 saturated carbocycles. The highest BCUT2D eigenvalue weighted by Crippen LogP contribution is 2.20. The number of nitrogens with zero attached hydrogens (tertiary/aromatic N) is 2. The van der Waals surface area contributed by atoms with Crippen LogP contribution in [-0.4, -0.2) is 48.0 Å². The van der Waals surface area contributed by atoms with E-state index in [0.717, 1.165) is 56.1 Å². The van der Waals surface area contributed by atoms with Crippen molar-refractivity contribution in [2.75, 3.05) is 31.9 Å². The van der Waals surface area contributed by atoms with Crippen LogP contribution in [0.3, 0.4) is 0 Å². The molecule has 1 heterocycles. The van der Waals surface area contributed by atoms with Crippen LogP contribution in [0.2, 0.25) is 0 Å². The minimum absolute atomic E-state index is 0. The van der Waals surface area contributed by atoms with Gasteiger partial charge < -0.3 is 15.4 Å². The molecule has 152 valence electrons. The van der Waals surface area contributed by atoms with E-state index in [0.29, 0.717) is 0 Å². The van der Waals surface area contributed by atoms with Gasteiger partial charge in [-0.3, -0.25) is 9.69 Å². The summed E-state index contributed by atoms with van der Waals surface area (Å²) in [5, 5.41) is 0. The Morgan fingerprint density at radius 1 is 1.11 bits per heavy atom. The van der Waals surface area contributed by atoms with E-state index < -0.39 is 6.10 Å². The van der Waals surface area contributed by atoms with Crippen molar-refractivity contribution in [2.45, 2.75) is 32.9 Å². The van der Waals surface area contributed by atoms with Crippen LogP contribution in [0.25, 0.3) is 0 Å². The van der Waals surface area contributed by atoms with Gasteiger partial charge in [-0.1, -0.05) is 37.3 Å².